The molecule has 1 aromatic rings. The van der Waals surface area contributed by atoms with Crippen molar-refractivity contribution < 1.29 is 19.5 Å². The molecule has 2 atom stereocenters. The molecule has 1 aromatic carbocycles. The molecule has 0 radical (unpaired) electrons. The van der Waals surface area contributed by atoms with Gasteiger partial charge in [0.15, 0.2) is 5.78 Å². The first-order valence-electron chi connectivity index (χ1n) is 6.70. The molecule has 5 nitrogen and oxygen atoms in total. The van der Waals surface area contributed by atoms with Crippen LogP contribution in [0, 0.1) is 5.92 Å². The molecule has 21 heavy (non-hydrogen) atoms. The molecule has 1 amide bonds. The Kier molecular flexibility index (Phi) is 5.01. The molecule has 112 valence electrons. The number of Topliss-reactive ketones (excluding diaryl/α,β-unsaturated/α-hetero) is 1. The normalized spacial score (nSPS) is 19.3. The highest BCUT2D eigenvalue weighted by Crippen LogP contribution is 2.24. The number of carboxylic acid groups (broad SMARTS) is 1. The lowest BCUT2D eigenvalue weighted by Crippen LogP contribution is -2.44. The molecule has 6 heteroatoms. The lowest BCUT2D eigenvalue weighted by atomic mass is 9.98. The molecule has 1 unspecified atom stereocenters. The molecule has 1 fully saturated rings. The van der Waals surface area contributed by atoms with Crippen molar-refractivity contribution in [3.05, 3.63) is 35.9 Å². The molecule has 0 saturated carbocycles. The number of amides is 1. The zero-order valence-electron chi connectivity index (χ0n) is 11.7. The number of carbonyl (C=O) groups excluding carboxylic acids is 2. The second-order valence-corrected chi connectivity index (χ2v) is 6.06. The van der Waals surface area contributed by atoms with Crippen molar-refractivity contribution in [3.8, 4) is 0 Å². The van der Waals surface area contributed by atoms with Gasteiger partial charge in [-0.1, -0.05) is 37.3 Å². The summed E-state index contributed by atoms with van der Waals surface area (Å²) in [7, 11) is 0. The summed E-state index contributed by atoms with van der Waals surface area (Å²) in [4.78, 5) is 36.9. The molecule has 0 aliphatic carbocycles. The first-order valence-corrected chi connectivity index (χ1v) is 7.85. The van der Waals surface area contributed by atoms with Crippen molar-refractivity contribution >= 4 is 29.4 Å². The van der Waals surface area contributed by atoms with Crippen LogP contribution < -0.4 is 0 Å². The van der Waals surface area contributed by atoms with Crippen LogP contribution in [0.1, 0.15) is 23.7 Å². The maximum Gasteiger partial charge on any atom is 0.327 e. The third kappa shape index (κ3) is 3.64. The van der Waals surface area contributed by atoms with E-state index in [2.05, 4.69) is 0 Å². The molecule has 1 aliphatic rings. The van der Waals surface area contributed by atoms with Crippen molar-refractivity contribution in [1.82, 2.24) is 4.90 Å². The number of carboxylic acids is 1. The van der Waals surface area contributed by atoms with Gasteiger partial charge in [-0.3, -0.25) is 9.59 Å². The Morgan fingerprint density at radius 1 is 1.33 bits per heavy atom. The van der Waals surface area contributed by atoms with Crippen molar-refractivity contribution in [2.45, 2.75) is 19.4 Å². The van der Waals surface area contributed by atoms with Gasteiger partial charge in [-0.2, -0.15) is 0 Å². The average molecular weight is 307 g/mol. The Hall–Kier alpha value is -1.82. The zero-order valence-corrected chi connectivity index (χ0v) is 12.5. The van der Waals surface area contributed by atoms with E-state index in [1.54, 1.807) is 31.2 Å². The summed E-state index contributed by atoms with van der Waals surface area (Å²) in [5.41, 5.74) is 0.572. The summed E-state index contributed by atoms with van der Waals surface area (Å²) >= 11 is 1.42. The highest BCUT2D eigenvalue weighted by atomic mass is 32.2. The van der Waals surface area contributed by atoms with Gasteiger partial charge in [-0.05, 0) is 0 Å². The quantitative estimate of drug-likeness (QED) is 0.841. The number of nitrogens with zero attached hydrogens (tertiary/aromatic N) is 1. The van der Waals surface area contributed by atoms with Crippen LogP contribution in [0.3, 0.4) is 0 Å². The standard InChI is InChI=1S/C15H17NO4S/c1-10(7-13(17)11-5-3-2-4-6-11)14(18)16-9-21-8-12(16)15(19)20/h2-6,10,12H,7-9H2,1H3,(H,19,20)/t10?,12-/m0/s1. The Morgan fingerprint density at radius 3 is 2.62 bits per heavy atom. The summed E-state index contributed by atoms with van der Waals surface area (Å²) < 4.78 is 0. The molecular weight excluding hydrogens is 290 g/mol. The topological polar surface area (TPSA) is 74.7 Å². The lowest BCUT2D eigenvalue weighted by molar-refractivity contribution is -0.149. The Bertz CT molecular complexity index is 546. The molecule has 2 rings (SSSR count). The minimum Gasteiger partial charge on any atom is -0.480 e. The van der Waals surface area contributed by atoms with Gasteiger partial charge in [0, 0.05) is 23.7 Å². The minimum atomic E-state index is -0.991. The number of hydrogen-bond acceptors (Lipinski definition) is 4. The number of ketones is 1. The fourth-order valence-corrected chi connectivity index (χ4v) is 3.41. The SMILES string of the molecule is CC(CC(=O)c1ccccc1)C(=O)N1CSC[C@H]1C(=O)O. The summed E-state index contributed by atoms with van der Waals surface area (Å²) in [6, 6.07) is 8.02. The van der Waals surface area contributed by atoms with E-state index in [1.165, 1.54) is 16.7 Å². The van der Waals surface area contributed by atoms with Crippen LogP contribution in [0.15, 0.2) is 30.3 Å². The van der Waals surface area contributed by atoms with E-state index < -0.39 is 17.9 Å². The number of aliphatic carboxylic acids is 1. The van der Waals surface area contributed by atoms with Crippen molar-refractivity contribution in [2.24, 2.45) is 5.92 Å². The van der Waals surface area contributed by atoms with Gasteiger partial charge in [-0.25, -0.2) is 4.79 Å². The highest BCUT2D eigenvalue weighted by Gasteiger charge is 2.36. The lowest BCUT2D eigenvalue weighted by Gasteiger charge is -2.23. The fourth-order valence-electron chi connectivity index (χ4n) is 2.25. The van der Waals surface area contributed by atoms with E-state index in [0.717, 1.165) is 0 Å². The first kappa shape index (κ1) is 15.6. The fraction of sp³-hybridized carbons (Fsp3) is 0.400. The Labute approximate surface area is 127 Å². The van der Waals surface area contributed by atoms with Gasteiger partial charge in [0.2, 0.25) is 5.91 Å². The minimum absolute atomic E-state index is 0.0936. The van der Waals surface area contributed by atoms with Crippen LogP contribution in [0.4, 0.5) is 0 Å². The van der Waals surface area contributed by atoms with Crippen molar-refractivity contribution in [3.63, 3.8) is 0 Å². The maximum atomic E-state index is 12.3. The van der Waals surface area contributed by atoms with Crippen LogP contribution in [-0.4, -0.2) is 45.3 Å². The number of thioether (sulfide) groups is 1. The van der Waals surface area contributed by atoms with Crippen LogP contribution >= 0.6 is 11.8 Å². The van der Waals surface area contributed by atoms with Crippen LogP contribution in [-0.2, 0) is 9.59 Å². The molecule has 0 aromatic heterocycles. The Balaban J connectivity index is 2.00. The monoisotopic (exact) mass is 307 g/mol. The maximum absolute atomic E-state index is 12.3. The third-order valence-corrected chi connectivity index (χ3v) is 4.47. The number of carbonyl (C=O) groups is 3. The summed E-state index contributed by atoms with van der Waals surface area (Å²) in [6.45, 7) is 1.67. The summed E-state index contributed by atoms with van der Waals surface area (Å²) in [5, 5.41) is 9.10. The van der Waals surface area contributed by atoms with E-state index in [4.69, 9.17) is 5.11 Å². The molecule has 1 heterocycles. The zero-order chi connectivity index (χ0) is 15.4. The molecule has 0 spiro atoms. The van der Waals surface area contributed by atoms with Gasteiger partial charge < -0.3 is 10.0 Å². The van der Waals surface area contributed by atoms with E-state index in [-0.39, 0.29) is 18.1 Å². The van der Waals surface area contributed by atoms with Crippen LogP contribution in [0.5, 0.6) is 0 Å². The molecule has 1 aliphatic heterocycles. The first-order chi connectivity index (χ1) is 10.0. The van der Waals surface area contributed by atoms with E-state index in [1.807, 2.05) is 6.07 Å². The summed E-state index contributed by atoms with van der Waals surface area (Å²) in [6.07, 6.45) is 0.0936. The Morgan fingerprint density at radius 2 is 2.00 bits per heavy atom. The molecular formula is C15H17NO4S. The van der Waals surface area contributed by atoms with Gasteiger partial charge >= 0.3 is 5.97 Å². The predicted molar refractivity (Wildman–Crippen MR) is 80.1 cm³/mol. The summed E-state index contributed by atoms with van der Waals surface area (Å²) in [5.74, 6) is -1.10. The number of hydrogen-bond donors (Lipinski definition) is 1. The smallest absolute Gasteiger partial charge is 0.327 e. The van der Waals surface area contributed by atoms with Crippen LogP contribution in [0.25, 0.3) is 0 Å². The number of benzene rings is 1. The van der Waals surface area contributed by atoms with Gasteiger partial charge in [0.25, 0.3) is 0 Å². The van der Waals surface area contributed by atoms with E-state index in [0.29, 0.717) is 17.2 Å². The van der Waals surface area contributed by atoms with Crippen LogP contribution in [0.2, 0.25) is 0 Å². The second kappa shape index (κ2) is 6.76. The predicted octanol–water partition coefficient (Wildman–Crippen LogP) is 1.88. The number of rotatable bonds is 5. The second-order valence-electron chi connectivity index (χ2n) is 5.06. The highest BCUT2D eigenvalue weighted by molar-refractivity contribution is 7.99. The molecule has 0 bridgehead atoms. The van der Waals surface area contributed by atoms with E-state index >= 15 is 0 Å². The van der Waals surface area contributed by atoms with Gasteiger partial charge in [0.05, 0.1) is 5.88 Å². The molecule has 1 N–H and O–H groups in total. The third-order valence-electron chi connectivity index (χ3n) is 3.46. The largest absolute Gasteiger partial charge is 0.480 e. The van der Waals surface area contributed by atoms with Gasteiger partial charge in [-0.15, -0.1) is 11.8 Å². The van der Waals surface area contributed by atoms with Crippen molar-refractivity contribution in [1.29, 1.82) is 0 Å². The average Bonchev–Trinajstić information content (AvgIpc) is 2.96. The van der Waals surface area contributed by atoms with E-state index in [9.17, 15) is 14.4 Å². The van der Waals surface area contributed by atoms with Crippen molar-refractivity contribution in [2.75, 3.05) is 11.6 Å². The molecule has 1 saturated heterocycles. The van der Waals surface area contributed by atoms with Gasteiger partial charge in [0.1, 0.15) is 6.04 Å².